The zero-order valence-electron chi connectivity index (χ0n) is 51.9. The Morgan fingerprint density at radius 2 is 1.06 bits per heavy atom. The second-order valence-corrected chi connectivity index (χ2v) is 22.8. The van der Waals surface area contributed by atoms with Crippen LogP contribution in [-0.2, 0) is 5.41 Å². The lowest BCUT2D eigenvalue weighted by Gasteiger charge is -2.42. The first-order valence-corrected chi connectivity index (χ1v) is 28.1. The number of ether oxygens (including phenoxy) is 1. The van der Waals surface area contributed by atoms with E-state index >= 15 is 0 Å². The van der Waals surface area contributed by atoms with Gasteiger partial charge < -0.3 is 18.6 Å². The predicted molar refractivity (Wildman–Crippen MR) is 338 cm³/mol. The van der Waals surface area contributed by atoms with Gasteiger partial charge in [0.2, 0.25) is 6.71 Å². The summed E-state index contributed by atoms with van der Waals surface area (Å²) >= 11 is 1.76. The molecule has 0 unspecified atom stereocenters. The number of furan rings is 1. The van der Waals surface area contributed by atoms with Gasteiger partial charge in [0.1, 0.15) is 22.7 Å². The lowest BCUT2D eigenvalue weighted by atomic mass is 9.34. The molecular formula is C75H49BN2O2S. The van der Waals surface area contributed by atoms with Gasteiger partial charge in [0.05, 0.1) is 27.7 Å². The summed E-state index contributed by atoms with van der Waals surface area (Å²) in [4.78, 5) is 4.53. The van der Waals surface area contributed by atoms with Crippen molar-refractivity contribution >= 4 is 95.7 Å². The Kier molecular flexibility index (Phi) is 8.44. The number of benzene rings is 12. The maximum Gasteiger partial charge on any atom is 0.249 e. The zero-order valence-corrected chi connectivity index (χ0v) is 44.7. The predicted octanol–water partition coefficient (Wildman–Crippen LogP) is 18.5. The van der Waals surface area contributed by atoms with Gasteiger partial charge in [-0.3, -0.25) is 0 Å². The first kappa shape index (κ1) is 38.8. The van der Waals surface area contributed by atoms with Gasteiger partial charge in [-0.15, -0.1) is 0 Å². The number of fused-ring (bicyclic) bond motifs is 12. The molecule has 0 saturated heterocycles. The molecule has 0 N–H and O–H groups in total. The third-order valence-electron chi connectivity index (χ3n) is 17.0. The summed E-state index contributed by atoms with van der Waals surface area (Å²) in [5, 5.41) is 2.13. The molecule has 3 aliphatic heterocycles. The lowest BCUT2D eigenvalue weighted by molar-refractivity contribution is 0.418. The molecule has 0 saturated carbocycles. The van der Waals surface area contributed by atoms with Crippen LogP contribution in [0, 0.1) is 0 Å². The van der Waals surface area contributed by atoms with Crippen LogP contribution >= 0.6 is 11.8 Å². The summed E-state index contributed by atoms with van der Waals surface area (Å²) in [5.41, 5.74) is 17.8. The SMILES string of the molecule is [2H]c1c([2H])c([2H])c2c(c1[2H])c1c([2H])c([2H])c([2H])c([2H])c1n2-c1ccc2c(c1)N(c1c(-c3ccccc3)cccc1-c1ccccc1)c1cc(-c3ccc4c(c3)Oc3ccccc3C4(C)C)cc3c1B2c1ccc(-c2ccc4oc5ccccc5c4c2)cc1S3. The molecule has 0 bridgehead atoms. The van der Waals surface area contributed by atoms with Gasteiger partial charge in [0.15, 0.2) is 0 Å². The van der Waals surface area contributed by atoms with Crippen molar-refractivity contribution in [1.82, 2.24) is 4.57 Å². The third kappa shape index (κ3) is 7.00. The van der Waals surface area contributed by atoms with E-state index in [4.69, 9.17) is 14.6 Å². The fourth-order valence-electron chi connectivity index (χ4n) is 13.2. The lowest BCUT2D eigenvalue weighted by Crippen LogP contribution is -2.59. The highest BCUT2D eigenvalue weighted by molar-refractivity contribution is 8.00. The highest BCUT2D eigenvalue weighted by atomic mass is 32.2. The van der Waals surface area contributed by atoms with Gasteiger partial charge >= 0.3 is 0 Å². The Bertz CT molecular complexity index is 5300. The summed E-state index contributed by atoms with van der Waals surface area (Å²) in [6, 6.07) is 70.6. The summed E-state index contributed by atoms with van der Waals surface area (Å²) in [6.45, 7) is 4.14. The van der Waals surface area contributed by atoms with Crippen molar-refractivity contribution in [3.8, 4) is 61.7 Å². The highest BCUT2D eigenvalue weighted by Gasteiger charge is 2.43. The van der Waals surface area contributed by atoms with Crippen molar-refractivity contribution in [2.75, 3.05) is 4.90 Å². The highest BCUT2D eigenvalue weighted by Crippen LogP contribution is 2.53. The third-order valence-corrected chi connectivity index (χ3v) is 18.1. The molecule has 380 valence electrons. The molecule has 0 aliphatic carbocycles. The van der Waals surface area contributed by atoms with E-state index in [2.05, 4.69) is 183 Å². The Morgan fingerprint density at radius 3 is 1.84 bits per heavy atom. The first-order chi connectivity index (χ1) is 43.2. The number of anilines is 3. The van der Waals surface area contributed by atoms with Crippen LogP contribution in [0.15, 0.2) is 275 Å². The van der Waals surface area contributed by atoms with E-state index < -0.39 is 24.2 Å². The number of para-hydroxylation sites is 5. The zero-order chi connectivity index (χ0) is 60.5. The molecule has 0 fully saturated rings. The number of rotatable bonds is 6. The number of aromatic nitrogens is 1. The van der Waals surface area contributed by atoms with Crippen LogP contribution in [0.5, 0.6) is 11.5 Å². The van der Waals surface area contributed by atoms with Crippen molar-refractivity contribution < 1.29 is 20.1 Å². The number of nitrogens with zero attached hydrogens (tertiary/aromatic N) is 2. The Labute approximate surface area is 485 Å². The topological polar surface area (TPSA) is 30.5 Å². The maximum absolute atomic E-state index is 9.59. The van der Waals surface area contributed by atoms with Crippen LogP contribution in [0.25, 0.3) is 93.9 Å². The Hall–Kier alpha value is -9.75. The van der Waals surface area contributed by atoms with E-state index in [0.29, 0.717) is 5.69 Å². The van der Waals surface area contributed by atoms with Gasteiger partial charge in [0.25, 0.3) is 0 Å². The minimum Gasteiger partial charge on any atom is -0.457 e. The van der Waals surface area contributed by atoms with Crippen LogP contribution < -0.4 is 26.0 Å². The number of hydrogen-bond acceptors (Lipinski definition) is 4. The van der Waals surface area contributed by atoms with E-state index in [-0.39, 0.29) is 58.1 Å². The second-order valence-electron chi connectivity index (χ2n) is 21.7. The van der Waals surface area contributed by atoms with Gasteiger partial charge in [-0.2, -0.15) is 0 Å². The van der Waals surface area contributed by atoms with Crippen molar-refractivity contribution in [3.05, 3.63) is 272 Å². The quantitative estimate of drug-likeness (QED) is 0.155. The van der Waals surface area contributed by atoms with E-state index in [1.807, 2.05) is 48.5 Å². The average Bonchev–Trinajstić information content (AvgIpc) is 1.69. The molecule has 0 amide bonds. The summed E-state index contributed by atoms with van der Waals surface area (Å²) in [6.07, 6.45) is 0. The molecule has 0 radical (unpaired) electrons. The van der Waals surface area contributed by atoms with Gasteiger partial charge in [-0.05, 0) is 117 Å². The molecule has 14 aromatic rings. The van der Waals surface area contributed by atoms with E-state index in [1.165, 1.54) is 0 Å². The Balaban J connectivity index is 0.982. The minimum atomic E-state index is -0.494. The van der Waals surface area contributed by atoms with Gasteiger partial charge in [-0.1, -0.05) is 219 Å². The largest absolute Gasteiger partial charge is 0.457 e. The normalized spacial score (nSPS) is 15.0. The molecule has 5 heterocycles. The van der Waals surface area contributed by atoms with Crippen LogP contribution in [0.4, 0.5) is 17.1 Å². The molecule has 4 nitrogen and oxygen atoms in total. The molecule has 3 aliphatic rings. The molecular weight excluding hydrogens is 1000 g/mol. The van der Waals surface area contributed by atoms with Crippen molar-refractivity contribution in [3.63, 3.8) is 0 Å². The van der Waals surface area contributed by atoms with Crippen molar-refractivity contribution in [2.45, 2.75) is 29.1 Å². The minimum absolute atomic E-state index is 0.0167. The molecule has 12 aromatic carbocycles. The van der Waals surface area contributed by atoms with Gasteiger partial charge in [0, 0.05) is 76.1 Å². The first-order valence-electron chi connectivity index (χ1n) is 31.3. The maximum atomic E-state index is 9.59. The molecule has 6 heteroatoms. The molecule has 0 spiro atoms. The fraction of sp³-hybridized carbons (Fsp3) is 0.0400. The molecule has 0 atom stereocenters. The van der Waals surface area contributed by atoms with Gasteiger partial charge in [-0.25, -0.2) is 0 Å². The van der Waals surface area contributed by atoms with Crippen LogP contribution in [-0.4, -0.2) is 11.3 Å². The second kappa shape index (κ2) is 17.6. The molecule has 17 rings (SSSR count). The summed E-state index contributed by atoms with van der Waals surface area (Å²) in [7, 11) is 0. The van der Waals surface area contributed by atoms with Crippen LogP contribution in [0.1, 0.15) is 35.9 Å². The van der Waals surface area contributed by atoms with E-state index in [1.54, 1.807) is 16.3 Å². The van der Waals surface area contributed by atoms with Crippen LogP contribution in [0.2, 0.25) is 0 Å². The Morgan fingerprint density at radius 1 is 0.444 bits per heavy atom. The summed E-state index contributed by atoms with van der Waals surface area (Å²) < 4.78 is 88.5. The van der Waals surface area contributed by atoms with Crippen LogP contribution in [0.3, 0.4) is 0 Å². The fourth-order valence-corrected chi connectivity index (χ4v) is 14.4. The van der Waals surface area contributed by atoms with E-state index in [9.17, 15) is 5.48 Å². The van der Waals surface area contributed by atoms with Crippen molar-refractivity contribution in [1.29, 1.82) is 0 Å². The monoisotopic (exact) mass is 1060 g/mol. The molecule has 81 heavy (non-hydrogen) atoms. The number of hydrogen-bond donors (Lipinski definition) is 0. The molecule has 2 aromatic heterocycles. The average molecular weight is 1060 g/mol. The standard InChI is InChI=1S/C75H49BN2O2S/c1-75(2)59-27-12-16-31-69(59)80-70-42-49(32-36-60(70)75)51-41-66-73-72(44-51)81-71-43-50(48-34-39-68-58(40-48)57-24-11-15-30-67(57)79-68)33-37-62(71)76(73)61-38-35-52(77-63-28-13-9-22-55(63)56-23-10-14-29-64(56)77)45-65(61)78(66)74-53(46-18-5-3-6-19-46)25-17-26-54(74)47-20-7-4-8-21-47/h3-45H,1-2H3/i9D,10D,13D,14D,22D,23D,28D,29D. The summed E-state index contributed by atoms with van der Waals surface area (Å²) in [5.74, 6) is 1.61. The van der Waals surface area contributed by atoms with Crippen molar-refractivity contribution in [2.24, 2.45) is 0 Å². The smallest absolute Gasteiger partial charge is 0.249 e. The van der Waals surface area contributed by atoms with E-state index in [0.717, 1.165) is 132 Å².